The zero-order chi connectivity index (χ0) is 19.1. The van der Waals surface area contributed by atoms with E-state index in [4.69, 9.17) is 4.74 Å². The van der Waals surface area contributed by atoms with Crippen LogP contribution in [0.1, 0.15) is 73.6 Å². The maximum absolute atomic E-state index is 11.6. The first kappa shape index (κ1) is 24.0. The van der Waals surface area contributed by atoms with E-state index in [2.05, 4.69) is 45.1 Å². The van der Waals surface area contributed by atoms with Gasteiger partial charge in [-0.1, -0.05) is 35.5 Å². The predicted molar refractivity (Wildman–Crippen MR) is 113 cm³/mol. The van der Waals surface area contributed by atoms with Gasteiger partial charge in [0.2, 0.25) is 0 Å². The molecule has 0 aromatic carbocycles. The third-order valence-electron chi connectivity index (χ3n) is 3.63. The van der Waals surface area contributed by atoms with E-state index in [0.717, 1.165) is 37.2 Å². The van der Waals surface area contributed by atoms with Crippen molar-refractivity contribution in [2.75, 3.05) is 18.1 Å². The Labute approximate surface area is 160 Å². The number of ether oxygens (including phenoxy) is 1. The molecule has 0 aromatic rings. The summed E-state index contributed by atoms with van der Waals surface area (Å²) < 4.78 is 5.25. The fourth-order valence-electron chi connectivity index (χ4n) is 1.96. The number of hydrogen-bond acceptors (Lipinski definition) is 3. The SMILES string of the molecule is CC(C)=CCC/C(C)=C/CSC/C=C\CCCCOC(=O)C(C)(C)C. The Morgan fingerprint density at radius 1 is 0.960 bits per heavy atom. The van der Waals surface area contributed by atoms with Crippen molar-refractivity contribution in [3.05, 3.63) is 35.5 Å². The Hall–Kier alpha value is -0.960. The van der Waals surface area contributed by atoms with Crippen LogP contribution in [0.3, 0.4) is 0 Å². The Morgan fingerprint density at radius 3 is 2.32 bits per heavy atom. The molecule has 0 aromatic heterocycles. The molecule has 0 rings (SSSR count). The van der Waals surface area contributed by atoms with Crippen LogP contribution >= 0.6 is 11.8 Å². The molecular weight excluding hydrogens is 328 g/mol. The molecule has 0 atom stereocenters. The van der Waals surface area contributed by atoms with Gasteiger partial charge < -0.3 is 4.74 Å². The minimum Gasteiger partial charge on any atom is -0.465 e. The van der Waals surface area contributed by atoms with Gasteiger partial charge in [0.15, 0.2) is 0 Å². The van der Waals surface area contributed by atoms with Crippen molar-refractivity contribution >= 4 is 17.7 Å². The third kappa shape index (κ3) is 16.3. The first-order valence-electron chi connectivity index (χ1n) is 9.42. The fraction of sp³-hybridized carbons (Fsp3) is 0.682. The molecule has 3 heteroatoms. The van der Waals surface area contributed by atoms with E-state index in [9.17, 15) is 4.79 Å². The summed E-state index contributed by atoms with van der Waals surface area (Å²) in [5.74, 6) is 2.05. The lowest BCUT2D eigenvalue weighted by Gasteiger charge is -2.16. The van der Waals surface area contributed by atoms with Crippen LogP contribution in [-0.4, -0.2) is 24.1 Å². The topological polar surface area (TPSA) is 26.3 Å². The second-order valence-corrected chi connectivity index (χ2v) is 8.84. The van der Waals surface area contributed by atoms with Crippen LogP contribution in [0.4, 0.5) is 0 Å². The lowest BCUT2D eigenvalue weighted by molar-refractivity contribution is -0.153. The minimum absolute atomic E-state index is 0.108. The van der Waals surface area contributed by atoms with Crippen LogP contribution in [0, 0.1) is 5.41 Å². The Balaban J connectivity index is 3.55. The summed E-state index contributed by atoms with van der Waals surface area (Å²) in [5.41, 5.74) is 2.49. The Bertz CT molecular complexity index is 449. The van der Waals surface area contributed by atoms with Crippen molar-refractivity contribution in [2.24, 2.45) is 5.41 Å². The Morgan fingerprint density at radius 2 is 1.68 bits per heavy atom. The summed E-state index contributed by atoms with van der Waals surface area (Å²) in [6.07, 6.45) is 14.5. The van der Waals surface area contributed by atoms with Gasteiger partial charge in [-0.3, -0.25) is 4.79 Å². The normalized spacial score (nSPS) is 12.5. The van der Waals surface area contributed by atoms with E-state index < -0.39 is 5.41 Å². The molecular formula is C22H38O2S. The van der Waals surface area contributed by atoms with Crippen LogP contribution in [0.15, 0.2) is 35.5 Å². The van der Waals surface area contributed by atoms with Crippen molar-refractivity contribution in [1.29, 1.82) is 0 Å². The van der Waals surface area contributed by atoms with Gasteiger partial charge >= 0.3 is 5.97 Å². The second kappa shape index (κ2) is 14.2. The fourth-order valence-corrected chi connectivity index (χ4v) is 2.77. The molecule has 0 aliphatic heterocycles. The summed E-state index contributed by atoms with van der Waals surface area (Å²) in [6, 6.07) is 0. The highest BCUT2D eigenvalue weighted by atomic mass is 32.2. The molecule has 25 heavy (non-hydrogen) atoms. The molecule has 0 aliphatic rings. The lowest BCUT2D eigenvalue weighted by atomic mass is 9.97. The van der Waals surface area contributed by atoms with E-state index in [1.54, 1.807) is 0 Å². The quantitative estimate of drug-likeness (QED) is 0.218. The van der Waals surface area contributed by atoms with Gasteiger partial charge in [-0.05, 0) is 73.6 Å². The molecule has 0 saturated carbocycles. The van der Waals surface area contributed by atoms with Crippen LogP contribution in [-0.2, 0) is 9.53 Å². The number of hydrogen-bond donors (Lipinski definition) is 0. The number of unbranched alkanes of at least 4 members (excludes halogenated alkanes) is 2. The molecule has 0 radical (unpaired) electrons. The number of carbonyl (C=O) groups is 1. The van der Waals surface area contributed by atoms with Gasteiger partial charge in [-0.25, -0.2) is 0 Å². The highest BCUT2D eigenvalue weighted by Gasteiger charge is 2.22. The summed E-state index contributed by atoms with van der Waals surface area (Å²) in [6.45, 7) is 12.7. The first-order valence-corrected chi connectivity index (χ1v) is 10.6. The van der Waals surface area contributed by atoms with Crippen LogP contribution in [0.25, 0.3) is 0 Å². The summed E-state index contributed by atoms with van der Waals surface area (Å²) >= 11 is 1.95. The van der Waals surface area contributed by atoms with Gasteiger partial charge in [0.25, 0.3) is 0 Å². The standard InChI is InChI=1S/C22H38O2S/c1-19(2)13-12-14-20(3)15-18-25-17-11-9-7-8-10-16-24-21(23)22(4,5)6/h9,11,13,15H,7-8,10,12,14,16-18H2,1-6H3/b11-9-,20-15+. The smallest absolute Gasteiger partial charge is 0.311 e. The molecule has 0 N–H and O–H groups in total. The number of thioether (sulfide) groups is 1. The highest BCUT2D eigenvalue weighted by molar-refractivity contribution is 7.99. The molecule has 0 heterocycles. The van der Waals surface area contributed by atoms with Gasteiger partial charge in [-0.15, -0.1) is 0 Å². The number of rotatable bonds is 12. The Kier molecular flexibility index (Phi) is 13.7. The van der Waals surface area contributed by atoms with Crippen LogP contribution < -0.4 is 0 Å². The van der Waals surface area contributed by atoms with Crippen LogP contribution in [0.2, 0.25) is 0 Å². The van der Waals surface area contributed by atoms with Crippen molar-refractivity contribution in [1.82, 2.24) is 0 Å². The lowest BCUT2D eigenvalue weighted by Crippen LogP contribution is -2.23. The molecule has 0 fully saturated rings. The van der Waals surface area contributed by atoms with Crippen LogP contribution in [0.5, 0.6) is 0 Å². The highest BCUT2D eigenvalue weighted by Crippen LogP contribution is 2.15. The average molecular weight is 367 g/mol. The van der Waals surface area contributed by atoms with Crippen molar-refractivity contribution in [3.8, 4) is 0 Å². The maximum Gasteiger partial charge on any atom is 0.311 e. The number of carbonyl (C=O) groups excluding carboxylic acids is 1. The van der Waals surface area contributed by atoms with Gasteiger partial charge in [0, 0.05) is 11.5 Å². The molecule has 0 aliphatic carbocycles. The molecule has 144 valence electrons. The zero-order valence-corrected chi connectivity index (χ0v) is 18.0. The molecule has 0 spiro atoms. The molecule has 0 bridgehead atoms. The zero-order valence-electron chi connectivity index (χ0n) is 17.2. The summed E-state index contributed by atoms with van der Waals surface area (Å²) in [7, 11) is 0. The maximum atomic E-state index is 11.6. The monoisotopic (exact) mass is 366 g/mol. The third-order valence-corrected chi connectivity index (χ3v) is 4.46. The first-order chi connectivity index (χ1) is 11.7. The predicted octanol–water partition coefficient (Wildman–Crippen LogP) is 6.73. The van der Waals surface area contributed by atoms with Crippen molar-refractivity contribution < 1.29 is 9.53 Å². The minimum atomic E-state index is -0.393. The summed E-state index contributed by atoms with van der Waals surface area (Å²) in [5, 5.41) is 0. The molecule has 0 saturated heterocycles. The van der Waals surface area contributed by atoms with Gasteiger partial charge in [0.1, 0.15) is 0 Å². The van der Waals surface area contributed by atoms with E-state index in [1.165, 1.54) is 17.6 Å². The van der Waals surface area contributed by atoms with E-state index in [0.29, 0.717) is 6.61 Å². The van der Waals surface area contributed by atoms with Gasteiger partial charge in [0.05, 0.1) is 12.0 Å². The molecule has 0 amide bonds. The average Bonchev–Trinajstić information content (AvgIpc) is 2.51. The summed E-state index contributed by atoms with van der Waals surface area (Å²) in [4.78, 5) is 11.6. The van der Waals surface area contributed by atoms with Gasteiger partial charge in [-0.2, -0.15) is 11.8 Å². The largest absolute Gasteiger partial charge is 0.465 e. The van der Waals surface area contributed by atoms with Crippen molar-refractivity contribution in [3.63, 3.8) is 0 Å². The van der Waals surface area contributed by atoms with Crippen molar-refractivity contribution in [2.45, 2.75) is 73.6 Å². The molecule has 0 unspecified atom stereocenters. The number of allylic oxidation sites excluding steroid dienone is 4. The second-order valence-electron chi connectivity index (χ2n) is 7.76. The number of esters is 1. The van der Waals surface area contributed by atoms with E-state index >= 15 is 0 Å². The molecule has 2 nitrogen and oxygen atoms in total. The van der Waals surface area contributed by atoms with E-state index in [1.807, 2.05) is 32.5 Å². The van der Waals surface area contributed by atoms with E-state index in [-0.39, 0.29) is 5.97 Å².